The number of hydrogen-bond acceptors (Lipinski definition) is 7. The average molecular weight is 445 g/mol. The number of methoxy groups -OCH3 is 2. The van der Waals surface area contributed by atoms with Gasteiger partial charge in [-0.2, -0.15) is 18.2 Å². The van der Waals surface area contributed by atoms with Crippen molar-refractivity contribution in [3.05, 3.63) is 35.3 Å². The normalized spacial score (nSPS) is 11.2. The molecular formula is C19H23F4N5O3. The van der Waals surface area contributed by atoms with Gasteiger partial charge in [-0.05, 0) is 13.0 Å². The number of nitrogens with one attached hydrogen (secondary N) is 2. The Balaban J connectivity index is 2.36. The van der Waals surface area contributed by atoms with Crippen molar-refractivity contribution in [3.8, 4) is 5.75 Å². The maximum absolute atomic E-state index is 14.6. The molecule has 2 rings (SSSR count). The second-order valence-corrected chi connectivity index (χ2v) is 6.36. The third-order valence-corrected chi connectivity index (χ3v) is 4.18. The van der Waals surface area contributed by atoms with Gasteiger partial charge in [0.2, 0.25) is 5.95 Å². The number of likely N-dealkylation sites (N-methyl/N-ethyl adjacent to an activating group) is 1. The molecule has 0 saturated heterocycles. The average Bonchev–Trinajstić information content (AvgIpc) is 2.71. The van der Waals surface area contributed by atoms with Crippen LogP contribution in [-0.4, -0.2) is 61.7 Å². The van der Waals surface area contributed by atoms with Crippen LogP contribution in [0.5, 0.6) is 5.75 Å². The summed E-state index contributed by atoms with van der Waals surface area (Å²) in [5, 5.41) is 5.16. The molecule has 0 bridgehead atoms. The molecule has 170 valence electrons. The van der Waals surface area contributed by atoms with E-state index >= 15 is 0 Å². The number of halogens is 4. The lowest BCUT2D eigenvalue weighted by molar-refractivity contribution is -0.137. The molecule has 0 aliphatic heterocycles. The van der Waals surface area contributed by atoms with Crippen LogP contribution >= 0.6 is 0 Å². The van der Waals surface area contributed by atoms with E-state index in [1.54, 1.807) is 6.92 Å². The zero-order chi connectivity index (χ0) is 23.2. The van der Waals surface area contributed by atoms with Crippen molar-refractivity contribution in [2.45, 2.75) is 13.1 Å². The first-order valence-corrected chi connectivity index (χ1v) is 9.19. The van der Waals surface area contributed by atoms with E-state index in [9.17, 15) is 22.4 Å². The van der Waals surface area contributed by atoms with Crippen molar-refractivity contribution in [3.63, 3.8) is 0 Å². The molecule has 0 spiro atoms. The molecule has 1 amide bonds. The number of alkyl halides is 3. The van der Waals surface area contributed by atoms with E-state index in [4.69, 9.17) is 9.47 Å². The fourth-order valence-electron chi connectivity index (χ4n) is 2.59. The fourth-order valence-corrected chi connectivity index (χ4v) is 2.59. The molecule has 0 saturated carbocycles. The Kier molecular flexibility index (Phi) is 7.97. The van der Waals surface area contributed by atoms with Crippen LogP contribution in [0.1, 0.15) is 22.8 Å². The quantitative estimate of drug-likeness (QED) is 0.571. The van der Waals surface area contributed by atoms with Crippen molar-refractivity contribution in [1.29, 1.82) is 0 Å². The van der Waals surface area contributed by atoms with E-state index in [0.29, 0.717) is 6.20 Å². The first kappa shape index (κ1) is 24.1. The van der Waals surface area contributed by atoms with Crippen LogP contribution in [0.3, 0.4) is 0 Å². The summed E-state index contributed by atoms with van der Waals surface area (Å²) in [5.41, 5.74) is -1.22. The Labute approximate surface area is 176 Å². The Hall–Kier alpha value is -3.15. The minimum absolute atomic E-state index is 0.0401. The maximum Gasteiger partial charge on any atom is 0.421 e. The first-order valence-electron chi connectivity index (χ1n) is 9.19. The summed E-state index contributed by atoms with van der Waals surface area (Å²) >= 11 is 0. The molecule has 1 heterocycles. The Bertz CT molecular complexity index is 924. The second-order valence-electron chi connectivity index (χ2n) is 6.36. The predicted octanol–water partition coefficient (Wildman–Crippen LogP) is 3.54. The van der Waals surface area contributed by atoms with Gasteiger partial charge >= 0.3 is 6.18 Å². The molecule has 0 fully saturated rings. The number of nitrogens with zero attached hydrogens (tertiary/aromatic N) is 3. The molecule has 0 radical (unpaired) electrons. The van der Waals surface area contributed by atoms with Crippen molar-refractivity contribution in [2.24, 2.45) is 0 Å². The highest BCUT2D eigenvalue weighted by Crippen LogP contribution is 2.35. The highest BCUT2D eigenvalue weighted by molar-refractivity contribution is 5.95. The number of anilines is 3. The van der Waals surface area contributed by atoms with Gasteiger partial charge in [0.05, 0.1) is 25.0 Å². The Morgan fingerprint density at radius 3 is 2.55 bits per heavy atom. The lowest BCUT2D eigenvalue weighted by Gasteiger charge is -2.19. The maximum atomic E-state index is 14.6. The monoisotopic (exact) mass is 445 g/mol. The number of carbonyl (C=O) groups is 1. The zero-order valence-electron chi connectivity index (χ0n) is 17.4. The van der Waals surface area contributed by atoms with Gasteiger partial charge in [-0.15, -0.1) is 0 Å². The van der Waals surface area contributed by atoms with Gasteiger partial charge in [-0.3, -0.25) is 4.79 Å². The van der Waals surface area contributed by atoms with Gasteiger partial charge in [0, 0.05) is 39.5 Å². The van der Waals surface area contributed by atoms with Gasteiger partial charge in [-0.1, -0.05) is 0 Å². The van der Waals surface area contributed by atoms with E-state index in [-0.39, 0.29) is 42.6 Å². The van der Waals surface area contributed by atoms with E-state index in [1.165, 1.54) is 32.2 Å². The van der Waals surface area contributed by atoms with Crippen LogP contribution in [0.25, 0.3) is 0 Å². The molecule has 1 aromatic carbocycles. The number of aromatic nitrogens is 2. The summed E-state index contributed by atoms with van der Waals surface area (Å²) in [6.07, 6.45) is -4.02. The lowest BCUT2D eigenvalue weighted by Crippen LogP contribution is -2.30. The van der Waals surface area contributed by atoms with Gasteiger partial charge < -0.3 is 25.0 Å². The Morgan fingerprint density at radius 1 is 1.26 bits per heavy atom. The van der Waals surface area contributed by atoms with Gasteiger partial charge in [0.25, 0.3) is 5.91 Å². The molecule has 2 aromatic rings. The lowest BCUT2D eigenvalue weighted by atomic mass is 10.1. The van der Waals surface area contributed by atoms with Crippen molar-refractivity contribution >= 4 is 23.4 Å². The molecule has 1 aromatic heterocycles. The molecule has 31 heavy (non-hydrogen) atoms. The van der Waals surface area contributed by atoms with E-state index in [2.05, 4.69) is 20.6 Å². The third kappa shape index (κ3) is 5.94. The minimum atomic E-state index is -4.64. The SMILES string of the molecule is CCNc1nc(Nc2cc(F)c(C(=O)N(C)CCOC)cc2OC)ncc1C(F)(F)F. The molecule has 0 aliphatic carbocycles. The summed E-state index contributed by atoms with van der Waals surface area (Å²) in [7, 11) is 4.28. The third-order valence-electron chi connectivity index (χ3n) is 4.18. The number of carbonyl (C=O) groups excluding carboxylic acids is 1. The van der Waals surface area contributed by atoms with Gasteiger partial charge in [-0.25, -0.2) is 9.37 Å². The molecule has 8 nitrogen and oxygen atoms in total. The number of benzene rings is 1. The van der Waals surface area contributed by atoms with Gasteiger partial charge in [0.1, 0.15) is 22.9 Å². The minimum Gasteiger partial charge on any atom is -0.495 e. The van der Waals surface area contributed by atoms with Crippen LogP contribution in [0.4, 0.5) is 35.0 Å². The predicted molar refractivity (Wildman–Crippen MR) is 106 cm³/mol. The van der Waals surface area contributed by atoms with Crippen LogP contribution in [0, 0.1) is 5.82 Å². The van der Waals surface area contributed by atoms with Crippen LogP contribution in [-0.2, 0) is 10.9 Å². The van der Waals surface area contributed by atoms with E-state index < -0.39 is 29.3 Å². The number of rotatable bonds is 9. The highest BCUT2D eigenvalue weighted by Gasteiger charge is 2.35. The molecule has 0 aliphatic rings. The number of ether oxygens (including phenoxy) is 2. The summed E-state index contributed by atoms with van der Waals surface area (Å²) in [4.78, 5) is 21.2. The summed E-state index contributed by atoms with van der Waals surface area (Å²) in [6, 6.07) is 2.18. The smallest absolute Gasteiger partial charge is 0.421 e. The zero-order valence-corrected chi connectivity index (χ0v) is 17.4. The Morgan fingerprint density at radius 2 is 1.97 bits per heavy atom. The molecular weight excluding hydrogens is 422 g/mol. The van der Waals surface area contributed by atoms with Crippen LogP contribution in [0.2, 0.25) is 0 Å². The number of amides is 1. The van der Waals surface area contributed by atoms with Crippen LogP contribution in [0.15, 0.2) is 18.3 Å². The topological polar surface area (TPSA) is 88.6 Å². The largest absolute Gasteiger partial charge is 0.495 e. The second kappa shape index (κ2) is 10.2. The highest BCUT2D eigenvalue weighted by atomic mass is 19.4. The summed E-state index contributed by atoms with van der Waals surface area (Å²) in [6.45, 7) is 2.35. The fraction of sp³-hybridized carbons (Fsp3) is 0.421. The van der Waals surface area contributed by atoms with Crippen molar-refractivity contribution in [1.82, 2.24) is 14.9 Å². The molecule has 2 N–H and O–H groups in total. The molecule has 0 unspecified atom stereocenters. The van der Waals surface area contributed by atoms with Crippen molar-refractivity contribution in [2.75, 3.05) is 51.6 Å². The van der Waals surface area contributed by atoms with Gasteiger partial charge in [0.15, 0.2) is 0 Å². The standard InChI is InChI=1S/C19H23F4N5O3/c1-5-24-16-12(19(21,22)23)10-25-18(27-16)26-14-9-13(20)11(8-15(14)31-4)17(29)28(2)6-7-30-3/h8-10H,5-7H2,1-4H3,(H2,24,25,26,27). The summed E-state index contributed by atoms with van der Waals surface area (Å²) < 4.78 is 64.1. The number of hydrogen-bond donors (Lipinski definition) is 2. The molecule has 12 heteroatoms. The van der Waals surface area contributed by atoms with E-state index in [1.807, 2.05) is 0 Å². The van der Waals surface area contributed by atoms with E-state index in [0.717, 1.165) is 6.07 Å². The van der Waals surface area contributed by atoms with Crippen LogP contribution < -0.4 is 15.4 Å². The first-order chi connectivity index (χ1) is 14.6. The summed E-state index contributed by atoms with van der Waals surface area (Å²) in [5.74, 6) is -1.98. The molecule has 0 atom stereocenters. The van der Waals surface area contributed by atoms with Crippen molar-refractivity contribution < 1.29 is 31.8 Å².